The van der Waals surface area contributed by atoms with Gasteiger partial charge in [0.15, 0.2) is 0 Å². The van der Waals surface area contributed by atoms with Crippen molar-refractivity contribution in [2.45, 2.75) is 26.7 Å². The number of thiophene rings is 1. The number of fused-ring (bicyclic) bond motifs is 1. The summed E-state index contributed by atoms with van der Waals surface area (Å²) in [5, 5.41) is 2.87. The molecule has 0 atom stereocenters. The van der Waals surface area contributed by atoms with Gasteiger partial charge < -0.3 is 5.32 Å². The number of carbonyl (C=O) groups is 1. The van der Waals surface area contributed by atoms with Gasteiger partial charge in [0, 0.05) is 27.7 Å². The van der Waals surface area contributed by atoms with E-state index in [2.05, 4.69) is 37.1 Å². The topological polar surface area (TPSA) is 42.0 Å². The van der Waals surface area contributed by atoms with E-state index < -0.39 is 0 Å². The van der Waals surface area contributed by atoms with Gasteiger partial charge in [0.1, 0.15) is 0 Å². The Morgan fingerprint density at radius 1 is 1.40 bits per heavy atom. The van der Waals surface area contributed by atoms with Crippen molar-refractivity contribution < 1.29 is 4.79 Å². The molecule has 0 spiro atoms. The minimum atomic E-state index is -0.0508. The van der Waals surface area contributed by atoms with Gasteiger partial charge in [0.05, 0.1) is 11.3 Å². The largest absolute Gasteiger partial charge is 0.321 e. The lowest BCUT2D eigenvalue weighted by Crippen LogP contribution is -2.03. The molecular formula is C16H16N2OS. The fourth-order valence-corrected chi connectivity index (χ4v) is 3.60. The Kier molecular flexibility index (Phi) is 3.18. The van der Waals surface area contributed by atoms with Gasteiger partial charge in [-0.3, -0.25) is 9.78 Å². The molecule has 1 N–H and O–H groups in total. The Bertz CT molecular complexity index is 713. The summed E-state index contributed by atoms with van der Waals surface area (Å²) in [4.78, 5) is 18.7. The van der Waals surface area contributed by atoms with E-state index in [4.69, 9.17) is 0 Å². The lowest BCUT2D eigenvalue weighted by atomic mass is 10.1. The average Bonchev–Trinajstić information content (AvgIpc) is 2.92. The van der Waals surface area contributed by atoms with Crippen LogP contribution in [0, 0.1) is 6.92 Å². The number of pyridine rings is 1. The molecular weight excluding hydrogens is 268 g/mol. The Labute approximate surface area is 122 Å². The van der Waals surface area contributed by atoms with Crippen molar-refractivity contribution in [2.24, 2.45) is 0 Å². The highest BCUT2D eigenvalue weighted by atomic mass is 32.1. The van der Waals surface area contributed by atoms with Crippen LogP contribution in [0.15, 0.2) is 24.5 Å². The Morgan fingerprint density at radius 3 is 2.90 bits per heavy atom. The van der Waals surface area contributed by atoms with Crippen molar-refractivity contribution in [2.75, 3.05) is 5.32 Å². The van der Waals surface area contributed by atoms with E-state index in [9.17, 15) is 4.79 Å². The third kappa shape index (κ3) is 2.16. The van der Waals surface area contributed by atoms with Gasteiger partial charge in [-0.1, -0.05) is 13.8 Å². The molecule has 1 aliphatic heterocycles. The normalized spacial score (nSPS) is 15.8. The average molecular weight is 284 g/mol. The molecule has 102 valence electrons. The van der Waals surface area contributed by atoms with Crippen molar-refractivity contribution in [3.05, 3.63) is 45.4 Å². The summed E-state index contributed by atoms with van der Waals surface area (Å²) in [6.07, 6.45) is 5.39. The quantitative estimate of drug-likeness (QED) is 0.845. The highest BCUT2D eigenvalue weighted by Gasteiger charge is 2.24. The first-order valence-corrected chi connectivity index (χ1v) is 7.45. The SMILES string of the molecule is Cc1cc(C=C2C(=O)Nc3ccncc32)sc1C(C)C. The minimum Gasteiger partial charge on any atom is -0.321 e. The van der Waals surface area contributed by atoms with Gasteiger partial charge in [-0.25, -0.2) is 0 Å². The number of nitrogens with one attached hydrogen (secondary N) is 1. The maximum atomic E-state index is 12.1. The second-order valence-electron chi connectivity index (χ2n) is 5.28. The molecule has 0 saturated heterocycles. The van der Waals surface area contributed by atoms with Gasteiger partial charge >= 0.3 is 0 Å². The van der Waals surface area contributed by atoms with E-state index in [1.54, 1.807) is 23.7 Å². The van der Waals surface area contributed by atoms with Crippen molar-refractivity contribution in [1.82, 2.24) is 4.98 Å². The van der Waals surface area contributed by atoms with Crippen molar-refractivity contribution in [1.29, 1.82) is 0 Å². The predicted molar refractivity (Wildman–Crippen MR) is 83.9 cm³/mol. The molecule has 0 radical (unpaired) electrons. The summed E-state index contributed by atoms with van der Waals surface area (Å²) in [6.45, 7) is 6.51. The number of aromatic nitrogens is 1. The van der Waals surface area contributed by atoms with E-state index >= 15 is 0 Å². The van der Waals surface area contributed by atoms with Crippen LogP contribution in [0.4, 0.5) is 5.69 Å². The molecule has 0 fully saturated rings. The molecule has 20 heavy (non-hydrogen) atoms. The fourth-order valence-electron chi connectivity index (χ4n) is 2.48. The number of hydrogen-bond donors (Lipinski definition) is 1. The van der Waals surface area contributed by atoms with Crippen molar-refractivity contribution >= 4 is 34.6 Å². The number of aryl methyl sites for hydroxylation is 1. The molecule has 0 aliphatic carbocycles. The maximum absolute atomic E-state index is 12.1. The van der Waals surface area contributed by atoms with Crippen LogP contribution in [0.1, 0.15) is 40.6 Å². The van der Waals surface area contributed by atoms with E-state index in [0.29, 0.717) is 11.5 Å². The number of carbonyl (C=O) groups excluding carboxylic acids is 1. The minimum absolute atomic E-state index is 0.0508. The van der Waals surface area contributed by atoms with Gasteiger partial charge in [0.25, 0.3) is 5.91 Å². The summed E-state index contributed by atoms with van der Waals surface area (Å²) in [5.41, 5.74) is 3.72. The van der Waals surface area contributed by atoms with Crippen LogP contribution in [-0.2, 0) is 4.79 Å². The standard InChI is InChI=1S/C16H16N2OS/c1-9(2)15-10(3)6-11(20-15)7-12-13-8-17-5-4-14(13)18-16(12)19/h4-9H,1-3H3,(H,18,19). The summed E-state index contributed by atoms with van der Waals surface area (Å²) >= 11 is 1.75. The number of nitrogens with zero attached hydrogens (tertiary/aromatic N) is 1. The Balaban J connectivity index is 2.05. The lowest BCUT2D eigenvalue weighted by molar-refractivity contribution is -0.110. The molecule has 2 aromatic heterocycles. The Morgan fingerprint density at radius 2 is 2.20 bits per heavy atom. The second-order valence-corrected chi connectivity index (χ2v) is 6.40. The molecule has 0 aromatic carbocycles. The molecule has 2 aromatic rings. The van der Waals surface area contributed by atoms with Crippen LogP contribution in [0.25, 0.3) is 11.6 Å². The first-order valence-electron chi connectivity index (χ1n) is 6.64. The smallest absolute Gasteiger partial charge is 0.256 e. The van der Waals surface area contributed by atoms with E-state index in [1.807, 2.05) is 12.1 Å². The number of amides is 1. The second kappa shape index (κ2) is 4.87. The molecule has 0 unspecified atom stereocenters. The van der Waals surface area contributed by atoms with Crippen LogP contribution in [0.5, 0.6) is 0 Å². The van der Waals surface area contributed by atoms with Crippen LogP contribution >= 0.6 is 11.3 Å². The number of anilines is 1. The highest BCUT2D eigenvalue weighted by Crippen LogP contribution is 2.35. The molecule has 1 aliphatic rings. The zero-order valence-corrected chi connectivity index (χ0v) is 12.5. The zero-order chi connectivity index (χ0) is 14.3. The third-order valence-corrected chi connectivity index (χ3v) is 4.87. The van der Waals surface area contributed by atoms with Gasteiger partial charge in [0.2, 0.25) is 0 Å². The first-order chi connectivity index (χ1) is 9.56. The summed E-state index contributed by atoms with van der Waals surface area (Å²) in [6, 6.07) is 3.97. The van der Waals surface area contributed by atoms with Crippen LogP contribution in [-0.4, -0.2) is 10.9 Å². The van der Waals surface area contributed by atoms with Crippen LogP contribution in [0.2, 0.25) is 0 Å². The molecule has 0 bridgehead atoms. The van der Waals surface area contributed by atoms with Gasteiger partial charge in [-0.2, -0.15) is 0 Å². The van der Waals surface area contributed by atoms with Crippen LogP contribution in [0.3, 0.4) is 0 Å². The number of hydrogen-bond acceptors (Lipinski definition) is 3. The monoisotopic (exact) mass is 284 g/mol. The summed E-state index contributed by atoms with van der Waals surface area (Å²) in [5.74, 6) is 0.462. The van der Waals surface area contributed by atoms with Crippen molar-refractivity contribution in [3.8, 4) is 0 Å². The zero-order valence-electron chi connectivity index (χ0n) is 11.7. The van der Waals surface area contributed by atoms with Crippen molar-refractivity contribution in [3.63, 3.8) is 0 Å². The molecule has 4 heteroatoms. The molecule has 3 heterocycles. The Hall–Kier alpha value is -1.94. The number of rotatable bonds is 2. The van der Waals surface area contributed by atoms with E-state index in [0.717, 1.165) is 16.1 Å². The predicted octanol–water partition coefficient (Wildman–Crippen LogP) is 4.07. The van der Waals surface area contributed by atoms with E-state index in [1.165, 1.54) is 10.4 Å². The molecule has 3 nitrogen and oxygen atoms in total. The summed E-state index contributed by atoms with van der Waals surface area (Å²) < 4.78 is 0. The molecule has 3 rings (SSSR count). The van der Waals surface area contributed by atoms with Gasteiger partial charge in [-0.05, 0) is 36.6 Å². The van der Waals surface area contributed by atoms with Gasteiger partial charge in [-0.15, -0.1) is 11.3 Å². The first kappa shape index (κ1) is 13.1. The summed E-state index contributed by atoms with van der Waals surface area (Å²) in [7, 11) is 0. The lowest BCUT2D eigenvalue weighted by Gasteiger charge is -2.00. The van der Waals surface area contributed by atoms with Crippen LogP contribution < -0.4 is 5.32 Å². The third-order valence-electron chi connectivity index (χ3n) is 3.39. The maximum Gasteiger partial charge on any atom is 0.256 e. The van der Waals surface area contributed by atoms with E-state index in [-0.39, 0.29) is 5.91 Å². The fraction of sp³-hybridized carbons (Fsp3) is 0.250. The molecule has 0 saturated carbocycles. The highest BCUT2D eigenvalue weighted by molar-refractivity contribution is 7.13. The molecule has 1 amide bonds.